The van der Waals surface area contributed by atoms with E-state index in [2.05, 4.69) is 100 Å². The predicted octanol–water partition coefficient (Wildman–Crippen LogP) is 1.97. The Bertz CT molecular complexity index is 538. The molecule has 0 saturated carbocycles. The molecule has 0 unspecified atom stereocenters. The summed E-state index contributed by atoms with van der Waals surface area (Å²) < 4.78 is 37.5. The minimum Gasteiger partial charge on any atom is 0 e. The van der Waals surface area contributed by atoms with Gasteiger partial charge in [0.15, 0.2) is 0 Å². The van der Waals surface area contributed by atoms with Crippen molar-refractivity contribution in [1.29, 1.82) is 0 Å². The molecule has 0 bridgehead atoms. The summed E-state index contributed by atoms with van der Waals surface area (Å²) in [6, 6.07) is 21.3. The fraction of sp³-hybridized carbons (Fsp3) is 0.0556. The van der Waals surface area contributed by atoms with Gasteiger partial charge in [-0.15, -0.1) is 0 Å². The number of hydrogen-bond acceptors (Lipinski definition) is 1. The molecule has 0 aliphatic heterocycles. The number of rotatable bonds is 3. The number of benzene rings is 2. The summed E-state index contributed by atoms with van der Waals surface area (Å²) in [5.74, 6) is 0.451. The molecule has 26 heavy (non-hydrogen) atoms. The molecule has 2 aromatic rings. The Morgan fingerprint density at radius 2 is 0.808 bits per heavy atom. The Morgan fingerprint density at radius 3 is 1.00 bits per heavy atom. The maximum absolute atomic E-state index is 7.50. The second-order valence-corrected chi connectivity index (χ2v) is 4.38. The maximum Gasteiger partial charge on any atom is 0 e. The fourth-order valence-corrected chi connectivity index (χ4v) is 2.58. The van der Waals surface area contributed by atoms with E-state index in [0.29, 0.717) is 5.99 Å². The average molecular weight is 404 g/mol. The van der Waals surface area contributed by atoms with Gasteiger partial charge in [0.05, 0.1) is 0 Å². The molecule has 130 valence electrons. The van der Waals surface area contributed by atoms with E-state index in [1.165, 1.54) is 10.9 Å². The third-order valence-corrected chi connectivity index (χ3v) is 3.46. The van der Waals surface area contributed by atoms with Crippen LogP contribution in [0.5, 0.6) is 0 Å². The van der Waals surface area contributed by atoms with Crippen molar-refractivity contribution in [3.05, 3.63) is 93.9 Å². The van der Waals surface area contributed by atoms with E-state index in [1.54, 1.807) is 0 Å². The first-order chi connectivity index (χ1) is 12.4. The van der Waals surface area contributed by atoms with Crippen molar-refractivity contribution >= 4 is 28.5 Å². The molecule has 0 atom stereocenters. The standard InChI is InChI=1S/C13H13BS.5CO.Cr/c1-15-14(12-8-4-2-5-9-12)13-10-6-3-7-11-13;5*1-2;/h2-11H,1H3;;;;;;. The summed E-state index contributed by atoms with van der Waals surface area (Å²) in [4.78, 5) is 0. The molecule has 0 aliphatic rings. The third-order valence-electron chi connectivity index (χ3n) is 2.44. The molecular formula is C18H13BCrO5S. The first-order valence-corrected chi connectivity index (χ1v) is 7.35. The summed E-state index contributed by atoms with van der Waals surface area (Å²) in [6.07, 6.45) is 2.16. The van der Waals surface area contributed by atoms with Crippen LogP contribution in [0.4, 0.5) is 0 Å². The molecule has 2 aromatic carbocycles. The molecule has 0 aliphatic carbocycles. The van der Waals surface area contributed by atoms with Gasteiger partial charge in [0.1, 0.15) is 0 Å². The molecule has 2 rings (SSSR count). The van der Waals surface area contributed by atoms with Gasteiger partial charge in [-0.25, -0.2) is 11.6 Å². The van der Waals surface area contributed by atoms with Crippen molar-refractivity contribution in [2.45, 2.75) is 0 Å². The van der Waals surface area contributed by atoms with Gasteiger partial charge in [0.2, 0.25) is 0 Å². The Balaban J connectivity index is -0.000000116. The zero-order chi connectivity index (χ0) is 20.5. The Kier molecular flexibility index (Phi) is 46.7. The van der Waals surface area contributed by atoms with Crippen LogP contribution in [0.3, 0.4) is 0 Å². The molecule has 0 saturated heterocycles. The molecule has 0 fully saturated rings. The van der Waals surface area contributed by atoms with Crippen LogP contribution in [0.15, 0.2) is 60.7 Å². The molecule has 0 amide bonds. The van der Waals surface area contributed by atoms with Crippen LogP contribution in [-0.4, -0.2) is 12.2 Å². The summed E-state index contributed by atoms with van der Waals surface area (Å²) in [6.45, 7) is 22.5. The van der Waals surface area contributed by atoms with Crippen molar-refractivity contribution in [3.8, 4) is 0 Å². The van der Waals surface area contributed by atoms with Gasteiger partial charge < -0.3 is 0 Å². The smallest absolute Gasteiger partial charge is 0 e. The van der Waals surface area contributed by atoms with Gasteiger partial charge >= 0.3 is 56.5 Å². The van der Waals surface area contributed by atoms with E-state index in [9.17, 15) is 0 Å². The third kappa shape index (κ3) is 16.9. The Hall–Kier alpha value is -1.91. The summed E-state index contributed by atoms with van der Waals surface area (Å²) in [5, 5.41) is 0. The summed E-state index contributed by atoms with van der Waals surface area (Å²) in [7, 11) is 0. The van der Waals surface area contributed by atoms with Gasteiger partial charge in [0, 0.05) is 17.4 Å². The molecule has 0 heterocycles. The number of hydrogen-bond donors (Lipinski definition) is 0. The van der Waals surface area contributed by atoms with Crippen LogP contribution < -0.4 is 10.9 Å². The zero-order valence-corrected chi connectivity index (χ0v) is 15.8. The minimum absolute atomic E-state index is 0. The van der Waals surface area contributed by atoms with Crippen LogP contribution in [0.2, 0.25) is 0 Å². The molecule has 0 aromatic heterocycles. The molecule has 0 N–H and O–H groups in total. The van der Waals surface area contributed by atoms with Gasteiger partial charge in [-0.1, -0.05) is 71.6 Å². The van der Waals surface area contributed by atoms with Crippen molar-refractivity contribution in [2.24, 2.45) is 0 Å². The van der Waals surface area contributed by atoms with Crippen LogP contribution in [0.25, 0.3) is 0 Å². The molecular weight excluding hydrogens is 391 g/mol. The second-order valence-electron chi connectivity index (χ2n) is 3.44. The fourth-order valence-electron chi connectivity index (χ4n) is 1.72. The minimum atomic E-state index is 0. The Labute approximate surface area is 169 Å². The molecule has 0 radical (unpaired) electrons. The van der Waals surface area contributed by atoms with Gasteiger partial charge in [0.25, 0.3) is 5.99 Å². The van der Waals surface area contributed by atoms with Crippen molar-refractivity contribution in [3.63, 3.8) is 0 Å². The van der Waals surface area contributed by atoms with E-state index in [4.69, 9.17) is 23.3 Å². The van der Waals surface area contributed by atoms with E-state index in [-0.39, 0.29) is 17.4 Å². The summed E-state index contributed by atoms with van der Waals surface area (Å²) >= 11 is 1.88. The van der Waals surface area contributed by atoms with Gasteiger partial charge in [-0.05, 0) is 6.26 Å². The van der Waals surface area contributed by atoms with Gasteiger partial charge in [-0.2, -0.15) is 0 Å². The normalized spacial score (nSPS) is 6.12. The van der Waals surface area contributed by atoms with Crippen LogP contribution >= 0.6 is 11.6 Å². The Morgan fingerprint density at radius 1 is 0.577 bits per heavy atom. The first-order valence-electron chi connectivity index (χ1n) is 6.06. The molecule has 5 nitrogen and oxygen atoms in total. The second kappa shape index (κ2) is 34.4. The SMILES string of the molecule is CSB(c1ccccc1)c1ccccc1.[C-]#[O+].[C-]#[O+].[C-]#[O+].[C-]#[O+].[C-]#[O+].[Cr]. The van der Waals surface area contributed by atoms with E-state index < -0.39 is 0 Å². The topological polar surface area (TPSA) is 99.5 Å². The molecule has 8 heteroatoms. The summed E-state index contributed by atoms with van der Waals surface area (Å²) in [5.41, 5.74) is 2.74. The largest absolute Gasteiger partial charge is 0 e. The average Bonchev–Trinajstić information content (AvgIpc) is 2.77. The van der Waals surface area contributed by atoms with Crippen molar-refractivity contribution < 1.29 is 40.6 Å². The maximum atomic E-state index is 7.50. The van der Waals surface area contributed by atoms with Crippen LogP contribution in [0.1, 0.15) is 0 Å². The molecule has 0 spiro atoms. The zero-order valence-electron chi connectivity index (χ0n) is 13.7. The van der Waals surface area contributed by atoms with Crippen molar-refractivity contribution in [2.75, 3.05) is 6.26 Å². The van der Waals surface area contributed by atoms with E-state index >= 15 is 0 Å². The van der Waals surface area contributed by atoms with Gasteiger partial charge in [-0.3, -0.25) is 0 Å². The quantitative estimate of drug-likeness (QED) is 0.436. The predicted molar refractivity (Wildman–Crippen MR) is 91.1 cm³/mol. The monoisotopic (exact) mass is 404 g/mol. The van der Waals surface area contributed by atoms with E-state index in [0.717, 1.165) is 0 Å². The van der Waals surface area contributed by atoms with E-state index in [1.807, 2.05) is 11.6 Å². The first kappa shape index (κ1) is 35.2. The van der Waals surface area contributed by atoms with Crippen molar-refractivity contribution in [1.82, 2.24) is 0 Å². The van der Waals surface area contributed by atoms with Crippen LogP contribution in [-0.2, 0) is 40.6 Å². The van der Waals surface area contributed by atoms with Crippen LogP contribution in [0, 0.1) is 33.3 Å².